The number of hydrogen-bond acceptors (Lipinski definition) is 2. The molecule has 0 unspecified atom stereocenters. The molecule has 0 aliphatic rings. The van der Waals surface area contributed by atoms with Crippen LogP contribution in [-0.2, 0) is 4.74 Å². The van der Waals surface area contributed by atoms with Gasteiger partial charge in [0.15, 0.2) is 6.10 Å². The Morgan fingerprint density at radius 1 is 1.42 bits per heavy atom. The van der Waals surface area contributed by atoms with Crippen molar-refractivity contribution in [3.05, 3.63) is 35.9 Å². The van der Waals surface area contributed by atoms with Crippen molar-refractivity contribution >= 4 is 6.09 Å². The van der Waals surface area contributed by atoms with Crippen LogP contribution in [0.4, 0.5) is 4.79 Å². The Labute approximate surface area is 115 Å². The average Bonchev–Trinajstić information content (AvgIpc) is 2.44. The van der Waals surface area contributed by atoms with Gasteiger partial charge >= 0.3 is 6.09 Å². The number of terminal acetylenes is 1. The highest BCUT2D eigenvalue weighted by molar-refractivity contribution is 5.68. The molecule has 1 aromatic rings. The van der Waals surface area contributed by atoms with Gasteiger partial charge < -0.3 is 10.1 Å². The topological polar surface area (TPSA) is 38.3 Å². The summed E-state index contributed by atoms with van der Waals surface area (Å²) in [5.74, 6) is 2.50. The molecular formula is C16H21NO2. The van der Waals surface area contributed by atoms with E-state index in [-0.39, 0.29) is 6.04 Å². The fraction of sp³-hybridized carbons (Fsp3) is 0.438. The largest absolute Gasteiger partial charge is 0.433 e. The zero-order chi connectivity index (χ0) is 14.1. The third-order valence-corrected chi connectivity index (χ3v) is 2.89. The lowest BCUT2D eigenvalue weighted by atomic mass is 10.1. The maximum absolute atomic E-state index is 11.7. The van der Waals surface area contributed by atoms with Gasteiger partial charge in [0.1, 0.15) is 0 Å². The first-order chi connectivity index (χ1) is 9.17. The second kappa shape index (κ2) is 8.20. The zero-order valence-electron chi connectivity index (χ0n) is 11.6. The highest BCUT2D eigenvalue weighted by atomic mass is 16.6. The van der Waals surface area contributed by atoms with E-state index in [0.29, 0.717) is 6.42 Å². The molecule has 0 aliphatic carbocycles. The first kappa shape index (κ1) is 15.1. The summed E-state index contributed by atoms with van der Waals surface area (Å²) in [5, 5.41) is 2.78. The van der Waals surface area contributed by atoms with Crippen LogP contribution in [0.15, 0.2) is 30.3 Å². The Kier molecular flexibility index (Phi) is 6.52. The number of benzene rings is 1. The summed E-state index contributed by atoms with van der Waals surface area (Å²) in [6.07, 6.45) is 7.14. The minimum Gasteiger partial charge on any atom is -0.433 e. The van der Waals surface area contributed by atoms with Gasteiger partial charge in [-0.25, -0.2) is 4.79 Å². The molecule has 102 valence electrons. The minimum atomic E-state index is -0.463. The monoisotopic (exact) mass is 259 g/mol. The second-order valence-corrected chi connectivity index (χ2v) is 4.48. The lowest BCUT2D eigenvalue weighted by Gasteiger charge is -2.17. The molecule has 19 heavy (non-hydrogen) atoms. The Hall–Kier alpha value is -1.95. The third kappa shape index (κ3) is 5.48. The quantitative estimate of drug-likeness (QED) is 0.792. The normalized spacial score (nSPS) is 13.1. The Morgan fingerprint density at radius 2 is 2.11 bits per heavy atom. The smallest absolute Gasteiger partial charge is 0.408 e. The van der Waals surface area contributed by atoms with E-state index in [1.54, 1.807) is 0 Å². The number of carbonyl (C=O) groups is 1. The Bertz CT molecular complexity index is 422. The van der Waals surface area contributed by atoms with Crippen molar-refractivity contribution in [2.75, 3.05) is 0 Å². The maximum atomic E-state index is 11.7. The summed E-state index contributed by atoms with van der Waals surface area (Å²) in [7, 11) is 0. The maximum Gasteiger partial charge on any atom is 0.408 e. The van der Waals surface area contributed by atoms with Crippen molar-refractivity contribution in [2.24, 2.45) is 0 Å². The number of unbranched alkanes of at least 4 members (excludes halogenated alkanes) is 1. The molecule has 0 radical (unpaired) electrons. The van der Waals surface area contributed by atoms with Crippen molar-refractivity contribution in [1.82, 2.24) is 5.32 Å². The van der Waals surface area contributed by atoms with Crippen molar-refractivity contribution < 1.29 is 9.53 Å². The molecule has 0 spiro atoms. The van der Waals surface area contributed by atoms with Crippen LogP contribution >= 0.6 is 0 Å². The van der Waals surface area contributed by atoms with Crippen LogP contribution in [-0.4, -0.2) is 12.2 Å². The molecular weight excluding hydrogens is 238 g/mol. The van der Waals surface area contributed by atoms with E-state index in [9.17, 15) is 4.79 Å². The van der Waals surface area contributed by atoms with Gasteiger partial charge in [0.25, 0.3) is 0 Å². The lowest BCUT2D eigenvalue weighted by molar-refractivity contribution is 0.115. The number of alkyl carbamates (subject to hydrolysis) is 1. The lowest BCUT2D eigenvalue weighted by Crippen LogP contribution is -2.30. The van der Waals surface area contributed by atoms with Gasteiger partial charge in [-0.2, -0.15) is 0 Å². The summed E-state index contributed by atoms with van der Waals surface area (Å²) < 4.78 is 5.21. The van der Waals surface area contributed by atoms with E-state index in [1.807, 2.05) is 37.3 Å². The number of nitrogens with one attached hydrogen (secondary N) is 1. The van der Waals surface area contributed by atoms with Crippen molar-refractivity contribution in [3.63, 3.8) is 0 Å². The van der Waals surface area contributed by atoms with E-state index < -0.39 is 12.2 Å². The van der Waals surface area contributed by atoms with Gasteiger partial charge in [-0.15, -0.1) is 6.42 Å². The van der Waals surface area contributed by atoms with Crippen LogP contribution in [0, 0.1) is 12.3 Å². The van der Waals surface area contributed by atoms with Crippen LogP contribution in [0.1, 0.15) is 44.7 Å². The molecule has 2 atom stereocenters. The van der Waals surface area contributed by atoms with Crippen molar-refractivity contribution in [2.45, 2.75) is 45.3 Å². The first-order valence-electron chi connectivity index (χ1n) is 6.65. The molecule has 0 saturated heterocycles. The van der Waals surface area contributed by atoms with Crippen LogP contribution in [0.25, 0.3) is 0 Å². The van der Waals surface area contributed by atoms with Crippen molar-refractivity contribution in [1.29, 1.82) is 0 Å². The highest BCUT2D eigenvalue weighted by Gasteiger charge is 2.14. The molecule has 0 bridgehead atoms. The summed E-state index contributed by atoms with van der Waals surface area (Å²) in [6.45, 7) is 3.98. The molecule has 3 heteroatoms. The SMILES string of the molecule is C#C[C@H](CCCC)OC(=O)N[C@@H](C)c1ccccc1. The number of hydrogen-bond donors (Lipinski definition) is 1. The first-order valence-corrected chi connectivity index (χ1v) is 6.65. The Balaban J connectivity index is 2.44. The molecule has 0 heterocycles. The van der Waals surface area contributed by atoms with E-state index in [2.05, 4.69) is 18.2 Å². The number of amides is 1. The highest BCUT2D eigenvalue weighted by Crippen LogP contribution is 2.12. The second-order valence-electron chi connectivity index (χ2n) is 4.48. The van der Waals surface area contributed by atoms with E-state index in [0.717, 1.165) is 18.4 Å². The van der Waals surface area contributed by atoms with Crippen LogP contribution in [0.5, 0.6) is 0 Å². The minimum absolute atomic E-state index is 0.0988. The summed E-state index contributed by atoms with van der Waals surface area (Å²) in [5.41, 5.74) is 1.03. The number of rotatable bonds is 6. The number of ether oxygens (including phenoxy) is 1. The van der Waals surface area contributed by atoms with Gasteiger partial charge in [-0.3, -0.25) is 0 Å². The van der Waals surface area contributed by atoms with E-state index >= 15 is 0 Å². The number of carbonyl (C=O) groups excluding carboxylic acids is 1. The molecule has 0 aliphatic heterocycles. The van der Waals surface area contributed by atoms with Gasteiger partial charge in [0, 0.05) is 0 Å². The molecule has 0 fully saturated rings. The Morgan fingerprint density at radius 3 is 2.68 bits per heavy atom. The summed E-state index contributed by atoms with van der Waals surface area (Å²) in [4.78, 5) is 11.7. The standard InChI is InChI=1S/C16H21NO2/c1-4-6-12-15(5-2)19-16(18)17-13(3)14-10-8-7-9-11-14/h2,7-11,13,15H,4,6,12H2,1,3H3,(H,17,18)/t13-,15+/m0/s1. The fourth-order valence-corrected chi connectivity index (χ4v) is 1.73. The predicted molar refractivity (Wildman–Crippen MR) is 76.6 cm³/mol. The summed E-state index contributed by atoms with van der Waals surface area (Å²) >= 11 is 0. The van der Waals surface area contributed by atoms with Crippen molar-refractivity contribution in [3.8, 4) is 12.3 Å². The molecule has 0 aromatic heterocycles. The third-order valence-electron chi connectivity index (χ3n) is 2.89. The molecule has 1 aromatic carbocycles. The molecule has 3 nitrogen and oxygen atoms in total. The van der Waals surface area contributed by atoms with Crippen LogP contribution in [0.2, 0.25) is 0 Å². The van der Waals surface area contributed by atoms with Gasteiger partial charge in [0.2, 0.25) is 0 Å². The van der Waals surface area contributed by atoms with Crippen LogP contribution in [0.3, 0.4) is 0 Å². The molecule has 1 amide bonds. The fourth-order valence-electron chi connectivity index (χ4n) is 1.73. The van der Waals surface area contributed by atoms with Gasteiger partial charge in [-0.1, -0.05) is 49.6 Å². The van der Waals surface area contributed by atoms with E-state index in [1.165, 1.54) is 0 Å². The predicted octanol–water partition coefficient (Wildman–Crippen LogP) is 3.67. The summed E-state index contributed by atoms with van der Waals surface area (Å²) in [6, 6.07) is 9.63. The molecule has 1 rings (SSSR count). The van der Waals surface area contributed by atoms with Crippen LogP contribution < -0.4 is 5.32 Å². The zero-order valence-corrected chi connectivity index (χ0v) is 11.6. The molecule has 1 N–H and O–H groups in total. The van der Waals surface area contributed by atoms with E-state index in [4.69, 9.17) is 11.2 Å². The van der Waals surface area contributed by atoms with Gasteiger partial charge in [-0.05, 0) is 25.3 Å². The average molecular weight is 259 g/mol. The molecule has 0 saturated carbocycles. The van der Waals surface area contributed by atoms with Gasteiger partial charge in [0.05, 0.1) is 6.04 Å².